The topological polar surface area (TPSA) is 114 Å². The van der Waals surface area contributed by atoms with Crippen LogP contribution in [0.4, 0.5) is 0 Å². The number of esters is 2. The van der Waals surface area contributed by atoms with Crippen LogP contribution >= 0.6 is 0 Å². The van der Waals surface area contributed by atoms with Crippen LogP contribution in [0.3, 0.4) is 0 Å². The first-order chi connectivity index (χ1) is 19.8. The van der Waals surface area contributed by atoms with E-state index < -0.39 is 6.04 Å². The SMILES string of the molecule is CCOOCCC(COOCC)NC1CCC(CC2CCC(NC(CC(=O)OCC)C(=O)OCC)C(C)C2)CC1C. The molecule has 8 unspecified atom stereocenters. The number of hydrogen-bond donors (Lipinski definition) is 2. The summed E-state index contributed by atoms with van der Waals surface area (Å²) < 4.78 is 10.3. The highest BCUT2D eigenvalue weighted by Crippen LogP contribution is 2.39. The molecule has 0 aromatic heterocycles. The molecule has 8 atom stereocenters. The predicted molar refractivity (Wildman–Crippen MR) is 157 cm³/mol. The number of carbonyl (C=O) groups is 2. The van der Waals surface area contributed by atoms with Gasteiger partial charge in [-0.05, 0) is 103 Å². The molecule has 0 bridgehead atoms. The highest BCUT2D eigenvalue weighted by atomic mass is 17.2. The Balaban J connectivity index is 1.81. The van der Waals surface area contributed by atoms with Crippen molar-refractivity contribution in [1.82, 2.24) is 10.6 Å². The first-order valence-electron chi connectivity index (χ1n) is 16.1. The van der Waals surface area contributed by atoms with Crippen LogP contribution in [-0.2, 0) is 38.6 Å². The summed E-state index contributed by atoms with van der Waals surface area (Å²) in [6, 6.07) is 0.134. The molecule has 10 heteroatoms. The van der Waals surface area contributed by atoms with E-state index in [0.29, 0.717) is 63.4 Å². The van der Waals surface area contributed by atoms with Gasteiger partial charge in [0.1, 0.15) is 6.04 Å². The summed E-state index contributed by atoms with van der Waals surface area (Å²) in [6.07, 6.45) is 8.95. The normalized spacial score (nSPS) is 28.1. The smallest absolute Gasteiger partial charge is 0.323 e. The summed E-state index contributed by atoms with van der Waals surface area (Å²) in [4.78, 5) is 45.4. The second-order valence-corrected chi connectivity index (χ2v) is 11.8. The largest absolute Gasteiger partial charge is 0.466 e. The maximum atomic E-state index is 12.5. The molecule has 2 N–H and O–H groups in total. The molecule has 0 aromatic carbocycles. The van der Waals surface area contributed by atoms with Crippen molar-refractivity contribution in [3.63, 3.8) is 0 Å². The molecule has 2 rings (SSSR count). The summed E-state index contributed by atoms with van der Waals surface area (Å²) in [7, 11) is 0. The van der Waals surface area contributed by atoms with Gasteiger partial charge in [0.05, 0.1) is 46.1 Å². The van der Waals surface area contributed by atoms with Crippen LogP contribution in [0.1, 0.15) is 99.3 Å². The monoisotopic (exact) mass is 586 g/mol. The van der Waals surface area contributed by atoms with Crippen molar-refractivity contribution in [2.45, 2.75) is 123 Å². The molecule has 0 radical (unpaired) electrons. The minimum atomic E-state index is -0.657. The van der Waals surface area contributed by atoms with Crippen LogP contribution < -0.4 is 10.6 Å². The standard InChI is InChI=1S/C31H58N2O8/c1-7-36-30(34)20-29(31(35)37-8-2)33-28-14-12-25(18-23(28)6)19-24-11-13-27(22(5)17-24)32-26(21-41-39-10-4)15-16-40-38-9-3/h22-29,32-33H,7-21H2,1-6H3. The number of hydrogen-bond acceptors (Lipinski definition) is 10. The zero-order valence-electron chi connectivity index (χ0n) is 26.5. The average Bonchev–Trinajstić information content (AvgIpc) is 2.93. The van der Waals surface area contributed by atoms with Crippen molar-refractivity contribution in [2.75, 3.05) is 39.6 Å². The molecule has 41 heavy (non-hydrogen) atoms. The fourth-order valence-electron chi connectivity index (χ4n) is 6.57. The Bertz CT molecular complexity index is 726. The Morgan fingerprint density at radius 1 is 0.732 bits per heavy atom. The molecule has 0 heterocycles. The van der Waals surface area contributed by atoms with E-state index in [1.807, 2.05) is 13.8 Å². The molecule has 0 saturated heterocycles. The third kappa shape index (κ3) is 13.7. The van der Waals surface area contributed by atoms with Crippen LogP contribution in [0.5, 0.6) is 0 Å². The fraction of sp³-hybridized carbons (Fsp3) is 0.935. The highest BCUT2D eigenvalue weighted by Gasteiger charge is 2.35. The van der Waals surface area contributed by atoms with E-state index in [9.17, 15) is 9.59 Å². The Morgan fingerprint density at radius 2 is 1.32 bits per heavy atom. The van der Waals surface area contributed by atoms with Crippen molar-refractivity contribution in [2.24, 2.45) is 23.7 Å². The Hall–Kier alpha value is -1.30. The third-order valence-electron chi connectivity index (χ3n) is 8.56. The lowest BCUT2D eigenvalue weighted by atomic mass is 9.70. The average molecular weight is 587 g/mol. The van der Waals surface area contributed by atoms with Crippen molar-refractivity contribution < 1.29 is 38.6 Å². The Labute approximate surface area is 248 Å². The van der Waals surface area contributed by atoms with Gasteiger partial charge in [0.2, 0.25) is 0 Å². The zero-order valence-corrected chi connectivity index (χ0v) is 26.5. The van der Waals surface area contributed by atoms with E-state index in [2.05, 4.69) is 24.5 Å². The lowest BCUT2D eigenvalue weighted by molar-refractivity contribution is -0.303. The third-order valence-corrected chi connectivity index (χ3v) is 8.56. The van der Waals surface area contributed by atoms with E-state index in [4.69, 9.17) is 29.0 Å². The van der Waals surface area contributed by atoms with E-state index in [1.165, 1.54) is 19.3 Å². The summed E-state index contributed by atoms with van der Waals surface area (Å²) in [5.41, 5.74) is 0. The van der Waals surface area contributed by atoms with Gasteiger partial charge in [-0.15, -0.1) is 0 Å². The fourth-order valence-corrected chi connectivity index (χ4v) is 6.57. The maximum absolute atomic E-state index is 12.5. The lowest BCUT2D eigenvalue weighted by Crippen LogP contribution is -2.50. The van der Waals surface area contributed by atoms with Gasteiger partial charge >= 0.3 is 11.9 Å². The molecular formula is C31H58N2O8. The van der Waals surface area contributed by atoms with Crippen LogP contribution in [0, 0.1) is 23.7 Å². The van der Waals surface area contributed by atoms with Gasteiger partial charge in [-0.25, -0.2) is 19.6 Å². The zero-order chi connectivity index (χ0) is 30.0. The van der Waals surface area contributed by atoms with Crippen molar-refractivity contribution in [3.05, 3.63) is 0 Å². The van der Waals surface area contributed by atoms with Gasteiger partial charge in [0.25, 0.3) is 0 Å². The quantitative estimate of drug-likeness (QED) is 0.0897. The van der Waals surface area contributed by atoms with E-state index in [1.54, 1.807) is 13.8 Å². The van der Waals surface area contributed by atoms with E-state index in [0.717, 1.165) is 38.0 Å². The summed E-state index contributed by atoms with van der Waals surface area (Å²) in [5.74, 6) is 1.70. The summed E-state index contributed by atoms with van der Waals surface area (Å²) >= 11 is 0. The van der Waals surface area contributed by atoms with Crippen LogP contribution in [0.25, 0.3) is 0 Å². The van der Waals surface area contributed by atoms with Crippen molar-refractivity contribution >= 4 is 11.9 Å². The molecular weight excluding hydrogens is 528 g/mol. The molecule has 2 aliphatic carbocycles. The number of nitrogens with one attached hydrogen (secondary N) is 2. The number of ether oxygens (including phenoxy) is 2. The molecule has 10 nitrogen and oxygen atoms in total. The second-order valence-electron chi connectivity index (χ2n) is 11.8. The molecule has 0 spiro atoms. The van der Waals surface area contributed by atoms with Gasteiger partial charge in [0.15, 0.2) is 0 Å². The van der Waals surface area contributed by atoms with Gasteiger partial charge in [-0.2, -0.15) is 0 Å². The van der Waals surface area contributed by atoms with Gasteiger partial charge in [-0.3, -0.25) is 9.59 Å². The molecule has 0 amide bonds. The molecule has 2 fully saturated rings. The highest BCUT2D eigenvalue weighted by molar-refractivity contribution is 5.82. The lowest BCUT2D eigenvalue weighted by Gasteiger charge is -2.41. The Morgan fingerprint density at radius 3 is 1.88 bits per heavy atom. The Kier molecular flexibility index (Phi) is 18.0. The minimum absolute atomic E-state index is 0.00659. The van der Waals surface area contributed by atoms with Gasteiger partial charge in [0, 0.05) is 18.1 Å². The van der Waals surface area contributed by atoms with Crippen LogP contribution in [0.2, 0.25) is 0 Å². The molecule has 0 aliphatic heterocycles. The van der Waals surface area contributed by atoms with Crippen LogP contribution in [-0.4, -0.2) is 75.7 Å². The number of rotatable bonds is 20. The van der Waals surface area contributed by atoms with E-state index >= 15 is 0 Å². The summed E-state index contributed by atoms with van der Waals surface area (Å²) in [6.45, 7) is 14.7. The van der Waals surface area contributed by atoms with E-state index in [-0.39, 0.29) is 30.4 Å². The van der Waals surface area contributed by atoms with Crippen molar-refractivity contribution in [1.29, 1.82) is 0 Å². The maximum Gasteiger partial charge on any atom is 0.323 e. The van der Waals surface area contributed by atoms with Crippen LogP contribution in [0.15, 0.2) is 0 Å². The molecule has 2 aliphatic rings. The van der Waals surface area contributed by atoms with Gasteiger partial charge < -0.3 is 20.1 Å². The first kappa shape index (κ1) is 35.9. The molecule has 240 valence electrons. The van der Waals surface area contributed by atoms with Crippen molar-refractivity contribution in [3.8, 4) is 0 Å². The van der Waals surface area contributed by atoms with Gasteiger partial charge in [-0.1, -0.05) is 13.8 Å². The minimum Gasteiger partial charge on any atom is -0.466 e. The second kappa shape index (κ2) is 20.6. The predicted octanol–water partition coefficient (Wildman–Crippen LogP) is 4.75. The first-order valence-corrected chi connectivity index (χ1v) is 16.1. The number of carbonyl (C=O) groups excluding carboxylic acids is 2. The molecule has 2 saturated carbocycles. The summed E-state index contributed by atoms with van der Waals surface area (Å²) in [5, 5.41) is 7.27. The molecule has 0 aromatic rings.